The zero-order valence-electron chi connectivity index (χ0n) is 11.0. The molecule has 3 N–H and O–H groups in total. The van der Waals surface area contributed by atoms with Crippen molar-refractivity contribution in [3.8, 4) is 0 Å². The Morgan fingerprint density at radius 1 is 1.14 bits per heavy atom. The number of anilines is 2. The number of nitrogens with one attached hydrogen (secondary N) is 1. The molecule has 0 bridgehead atoms. The van der Waals surface area contributed by atoms with Gasteiger partial charge in [-0.2, -0.15) is 0 Å². The topological polar surface area (TPSA) is 68.0 Å². The lowest BCUT2D eigenvalue weighted by Gasteiger charge is -2.08. The number of hydrogen-bond donors (Lipinski definition) is 2. The number of nitrogen functional groups attached to an aromatic ring is 1. The zero-order valence-corrected chi connectivity index (χ0v) is 12.6. The average Bonchev–Trinajstić information content (AvgIpc) is 2.49. The third-order valence-corrected chi connectivity index (χ3v) is 3.76. The van der Waals surface area contributed by atoms with Crippen molar-refractivity contribution in [2.45, 2.75) is 0 Å². The third-order valence-electron chi connectivity index (χ3n) is 3.11. The second-order valence-corrected chi connectivity index (χ2v) is 5.46. The van der Waals surface area contributed by atoms with Crippen LogP contribution in [0.2, 0.25) is 0 Å². The molecule has 3 aromatic rings. The lowest BCUT2D eigenvalue weighted by atomic mass is 10.1. The molecule has 1 amide bonds. The summed E-state index contributed by atoms with van der Waals surface area (Å²) >= 11 is 3.38. The number of benzene rings is 2. The van der Waals surface area contributed by atoms with Gasteiger partial charge in [0, 0.05) is 27.3 Å². The van der Waals surface area contributed by atoms with Crippen LogP contribution in [0.4, 0.5) is 11.4 Å². The Hall–Kier alpha value is -2.40. The van der Waals surface area contributed by atoms with Crippen molar-refractivity contribution in [1.29, 1.82) is 0 Å². The lowest BCUT2D eigenvalue weighted by Crippen LogP contribution is -2.12. The summed E-state index contributed by atoms with van der Waals surface area (Å²) in [4.78, 5) is 16.5. The van der Waals surface area contributed by atoms with Crippen molar-refractivity contribution >= 4 is 44.1 Å². The predicted molar refractivity (Wildman–Crippen MR) is 88.3 cm³/mol. The first-order chi connectivity index (χ1) is 10.1. The summed E-state index contributed by atoms with van der Waals surface area (Å²) in [6.45, 7) is 0. The summed E-state index contributed by atoms with van der Waals surface area (Å²) in [5, 5.41) is 3.79. The summed E-state index contributed by atoms with van der Waals surface area (Å²) in [6.07, 6.45) is 1.73. The number of halogens is 1. The molecule has 0 aliphatic carbocycles. The molecule has 0 fully saturated rings. The largest absolute Gasteiger partial charge is 0.399 e. The van der Waals surface area contributed by atoms with Crippen molar-refractivity contribution in [3.63, 3.8) is 0 Å². The quantitative estimate of drug-likeness (QED) is 0.696. The van der Waals surface area contributed by atoms with Crippen LogP contribution in [0.5, 0.6) is 0 Å². The second kappa shape index (κ2) is 5.54. The Bertz CT molecular complexity index is 833. The van der Waals surface area contributed by atoms with E-state index < -0.39 is 0 Å². The summed E-state index contributed by atoms with van der Waals surface area (Å²) in [7, 11) is 0. The van der Waals surface area contributed by atoms with Gasteiger partial charge in [0.25, 0.3) is 5.91 Å². The number of fused-ring (bicyclic) bond motifs is 1. The van der Waals surface area contributed by atoms with Gasteiger partial charge >= 0.3 is 0 Å². The molecule has 1 aromatic heterocycles. The van der Waals surface area contributed by atoms with E-state index >= 15 is 0 Å². The Morgan fingerprint density at radius 3 is 2.81 bits per heavy atom. The van der Waals surface area contributed by atoms with Crippen LogP contribution in [-0.4, -0.2) is 10.9 Å². The van der Waals surface area contributed by atoms with Gasteiger partial charge in [-0.3, -0.25) is 9.78 Å². The van der Waals surface area contributed by atoms with Gasteiger partial charge in [0.15, 0.2) is 0 Å². The van der Waals surface area contributed by atoms with Crippen LogP contribution in [0.15, 0.2) is 59.2 Å². The van der Waals surface area contributed by atoms with E-state index in [-0.39, 0.29) is 5.91 Å². The second-order valence-electron chi connectivity index (χ2n) is 4.60. The number of hydrogen-bond acceptors (Lipinski definition) is 3. The molecule has 1 heterocycles. The summed E-state index contributed by atoms with van der Waals surface area (Å²) in [5.74, 6) is -0.175. The number of pyridine rings is 1. The fourth-order valence-corrected chi connectivity index (χ4v) is 2.54. The van der Waals surface area contributed by atoms with E-state index in [1.807, 2.05) is 24.3 Å². The SMILES string of the molecule is Nc1ccc(NC(=O)c2ccc3ncccc3c2)c(Br)c1. The van der Waals surface area contributed by atoms with Crippen LogP contribution in [0.3, 0.4) is 0 Å². The Balaban J connectivity index is 1.89. The molecule has 0 atom stereocenters. The minimum absolute atomic E-state index is 0.175. The number of aromatic nitrogens is 1. The third kappa shape index (κ3) is 2.87. The van der Waals surface area contributed by atoms with Gasteiger partial charge in [0.2, 0.25) is 0 Å². The molecule has 2 aromatic carbocycles. The van der Waals surface area contributed by atoms with Crippen molar-refractivity contribution in [2.24, 2.45) is 0 Å². The van der Waals surface area contributed by atoms with E-state index in [2.05, 4.69) is 26.2 Å². The maximum Gasteiger partial charge on any atom is 0.255 e. The maximum absolute atomic E-state index is 12.3. The van der Waals surface area contributed by atoms with Crippen LogP contribution < -0.4 is 11.1 Å². The molecule has 4 nitrogen and oxygen atoms in total. The number of carbonyl (C=O) groups is 1. The van der Waals surface area contributed by atoms with Gasteiger partial charge in [-0.25, -0.2) is 0 Å². The minimum atomic E-state index is -0.175. The monoisotopic (exact) mass is 341 g/mol. The number of rotatable bonds is 2. The van der Waals surface area contributed by atoms with E-state index in [0.717, 1.165) is 15.4 Å². The fourth-order valence-electron chi connectivity index (χ4n) is 2.04. The van der Waals surface area contributed by atoms with Crippen molar-refractivity contribution < 1.29 is 4.79 Å². The Labute approximate surface area is 130 Å². The van der Waals surface area contributed by atoms with E-state index in [4.69, 9.17) is 5.73 Å². The molecule has 104 valence electrons. The minimum Gasteiger partial charge on any atom is -0.399 e. The normalized spacial score (nSPS) is 10.5. The van der Waals surface area contributed by atoms with E-state index in [1.54, 1.807) is 30.5 Å². The van der Waals surface area contributed by atoms with E-state index in [0.29, 0.717) is 16.9 Å². The Kier molecular flexibility index (Phi) is 3.58. The predicted octanol–water partition coefficient (Wildman–Crippen LogP) is 3.83. The number of amides is 1. The van der Waals surface area contributed by atoms with E-state index in [1.165, 1.54) is 0 Å². The van der Waals surface area contributed by atoms with Crippen LogP contribution >= 0.6 is 15.9 Å². The van der Waals surface area contributed by atoms with Crippen LogP contribution in [-0.2, 0) is 0 Å². The van der Waals surface area contributed by atoms with Gasteiger partial charge in [-0.05, 0) is 58.4 Å². The molecule has 0 spiro atoms. The standard InChI is InChI=1S/C16H12BrN3O/c17-13-9-12(18)4-6-15(13)20-16(21)11-3-5-14-10(8-11)2-1-7-19-14/h1-9H,18H2,(H,20,21). The molecule has 5 heteroatoms. The maximum atomic E-state index is 12.3. The van der Waals surface area contributed by atoms with Gasteiger partial charge < -0.3 is 11.1 Å². The van der Waals surface area contributed by atoms with Crippen molar-refractivity contribution in [2.75, 3.05) is 11.1 Å². The van der Waals surface area contributed by atoms with Gasteiger partial charge in [0.05, 0.1) is 11.2 Å². The Morgan fingerprint density at radius 2 is 2.00 bits per heavy atom. The molecule has 3 rings (SSSR count). The molecule has 0 aliphatic heterocycles. The highest BCUT2D eigenvalue weighted by Gasteiger charge is 2.09. The highest BCUT2D eigenvalue weighted by atomic mass is 79.9. The molecular formula is C16H12BrN3O. The summed E-state index contributed by atoms with van der Waals surface area (Å²) in [6, 6.07) is 14.4. The first-order valence-electron chi connectivity index (χ1n) is 6.34. The highest BCUT2D eigenvalue weighted by Crippen LogP contribution is 2.25. The van der Waals surface area contributed by atoms with Crippen LogP contribution in [0, 0.1) is 0 Å². The van der Waals surface area contributed by atoms with Gasteiger partial charge in [-0.1, -0.05) is 6.07 Å². The highest BCUT2D eigenvalue weighted by molar-refractivity contribution is 9.10. The average molecular weight is 342 g/mol. The van der Waals surface area contributed by atoms with Crippen LogP contribution in [0.1, 0.15) is 10.4 Å². The molecule has 0 saturated carbocycles. The van der Waals surface area contributed by atoms with Gasteiger partial charge in [-0.15, -0.1) is 0 Å². The van der Waals surface area contributed by atoms with Crippen LogP contribution in [0.25, 0.3) is 10.9 Å². The lowest BCUT2D eigenvalue weighted by molar-refractivity contribution is 0.102. The molecule has 0 unspecified atom stereocenters. The summed E-state index contributed by atoms with van der Waals surface area (Å²) < 4.78 is 0.748. The van der Waals surface area contributed by atoms with Gasteiger partial charge in [0.1, 0.15) is 0 Å². The molecule has 0 aliphatic rings. The molecule has 0 saturated heterocycles. The first-order valence-corrected chi connectivity index (χ1v) is 7.14. The molecular weight excluding hydrogens is 330 g/mol. The first kappa shape index (κ1) is 13.6. The molecule has 0 radical (unpaired) electrons. The smallest absolute Gasteiger partial charge is 0.255 e. The summed E-state index contributed by atoms with van der Waals surface area (Å²) in [5.41, 5.74) is 8.45. The number of carbonyl (C=O) groups excluding carboxylic acids is 1. The van der Waals surface area contributed by atoms with Crippen molar-refractivity contribution in [3.05, 3.63) is 64.8 Å². The fraction of sp³-hybridized carbons (Fsp3) is 0. The molecule has 21 heavy (non-hydrogen) atoms. The van der Waals surface area contributed by atoms with Crippen molar-refractivity contribution in [1.82, 2.24) is 4.98 Å². The number of nitrogens with zero attached hydrogens (tertiary/aromatic N) is 1. The zero-order chi connectivity index (χ0) is 14.8. The number of nitrogens with two attached hydrogens (primary N) is 1. The van der Waals surface area contributed by atoms with E-state index in [9.17, 15) is 4.79 Å².